The highest BCUT2D eigenvalue weighted by atomic mass is 35.5. The van der Waals surface area contributed by atoms with E-state index in [4.69, 9.17) is 37.4 Å². The SMILES string of the molecule is COc1ccc(OCC(=O)NNC(=O)COc2ccc(Cl)cc2Cl)cc1. The van der Waals surface area contributed by atoms with Crippen LogP contribution in [0.5, 0.6) is 17.2 Å². The standard InChI is InChI=1S/C17H16Cl2N2O5/c1-24-12-3-5-13(6-4-12)25-9-16(22)20-21-17(23)10-26-15-7-2-11(18)8-14(15)19/h2-8H,9-10H2,1H3,(H,20,22)(H,21,23). The summed E-state index contributed by atoms with van der Waals surface area (Å²) in [5, 5.41) is 0.734. The normalized spacial score (nSPS) is 9.96. The van der Waals surface area contributed by atoms with Crippen molar-refractivity contribution in [2.45, 2.75) is 0 Å². The van der Waals surface area contributed by atoms with Crippen LogP contribution in [0.3, 0.4) is 0 Å². The molecule has 2 N–H and O–H groups in total. The third-order valence-electron chi connectivity index (χ3n) is 3.02. The molecule has 2 aromatic carbocycles. The number of halogens is 2. The monoisotopic (exact) mass is 398 g/mol. The summed E-state index contributed by atoms with van der Waals surface area (Å²) in [6.45, 7) is -0.600. The van der Waals surface area contributed by atoms with Gasteiger partial charge in [0.15, 0.2) is 13.2 Å². The molecule has 0 saturated carbocycles. The molecule has 2 amide bonds. The minimum absolute atomic E-state index is 0.267. The zero-order valence-corrected chi connectivity index (χ0v) is 15.3. The Bertz CT molecular complexity index is 768. The number of hydrazine groups is 1. The Morgan fingerprint density at radius 1 is 0.885 bits per heavy atom. The molecular weight excluding hydrogens is 383 g/mol. The molecule has 0 aromatic heterocycles. The van der Waals surface area contributed by atoms with Crippen LogP contribution in [0.15, 0.2) is 42.5 Å². The number of carbonyl (C=O) groups is 2. The zero-order valence-electron chi connectivity index (χ0n) is 13.8. The van der Waals surface area contributed by atoms with E-state index in [1.807, 2.05) is 0 Å². The number of amides is 2. The maximum atomic E-state index is 11.7. The summed E-state index contributed by atoms with van der Waals surface area (Å²) < 4.78 is 15.5. The predicted molar refractivity (Wildman–Crippen MR) is 96.7 cm³/mol. The number of hydrogen-bond acceptors (Lipinski definition) is 5. The highest BCUT2D eigenvalue weighted by molar-refractivity contribution is 6.35. The molecule has 0 atom stereocenters. The molecule has 2 aromatic rings. The molecule has 0 unspecified atom stereocenters. The van der Waals surface area contributed by atoms with Gasteiger partial charge in [-0.3, -0.25) is 20.4 Å². The van der Waals surface area contributed by atoms with Gasteiger partial charge >= 0.3 is 0 Å². The van der Waals surface area contributed by atoms with E-state index >= 15 is 0 Å². The number of carbonyl (C=O) groups excluding carboxylic acids is 2. The van der Waals surface area contributed by atoms with Crippen LogP contribution in [0.2, 0.25) is 10.0 Å². The third kappa shape index (κ3) is 6.34. The van der Waals surface area contributed by atoms with Crippen molar-refractivity contribution >= 4 is 35.0 Å². The molecular formula is C17H16Cl2N2O5. The Hall–Kier alpha value is -2.64. The molecule has 0 spiro atoms. The van der Waals surface area contributed by atoms with Crippen molar-refractivity contribution in [2.75, 3.05) is 20.3 Å². The number of rotatable bonds is 7. The first-order chi connectivity index (χ1) is 12.5. The summed E-state index contributed by atoms with van der Waals surface area (Å²) in [6, 6.07) is 11.3. The first kappa shape index (κ1) is 19.7. The first-order valence-corrected chi connectivity index (χ1v) is 8.16. The van der Waals surface area contributed by atoms with E-state index in [-0.39, 0.29) is 18.2 Å². The van der Waals surface area contributed by atoms with Crippen molar-refractivity contribution in [3.05, 3.63) is 52.5 Å². The number of ether oxygens (including phenoxy) is 3. The lowest BCUT2D eigenvalue weighted by molar-refractivity contribution is -0.131. The summed E-state index contributed by atoms with van der Waals surface area (Å²) in [5.41, 5.74) is 4.42. The highest BCUT2D eigenvalue weighted by Gasteiger charge is 2.08. The molecule has 26 heavy (non-hydrogen) atoms. The summed E-state index contributed by atoms with van der Waals surface area (Å²) in [4.78, 5) is 23.3. The molecule has 0 fully saturated rings. The topological polar surface area (TPSA) is 85.9 Å². The molecule has 0 aliphatic rings. The lowest BCUT2D eigenvalue weighted by Gasteiger charge is -2.10. The van der Waals surface area contributed by atoms with Gasteiger partial charge in [-0.25, -0.2) is 0 Å². The second-order valence-electron chi connectivity index (χ2n) is 4.92. The number of nitrogens with one attached hydrogen (secondary N) is 2. The molecule has 0 aliphatic heterocycles. The van der Waals surface area contributed by atoms with Gasteiger partial charge in [0.25, 0.3) is 11.8 Å². The Morgan fingerprint density at radius 3 is 2.04 bits per heavy atom. The fourth-order valence-corrected chi connectivity index (χ4v) is 2.23. The van der Waals surface area contributed by atoms with Crippen molar-refractivity contribution < 1.29 is 23.8 Å². The van der Waals surface area contributed by atoms with Crippen molar-refractivity contribution in [3.63, 3.8) is 0 Å². The van der Waals surface area contributed by atoms with Gasteiger partial charge in [-0.15, -0.1) is 0 Å². The van der Waals surface area contributed by atoms with Gasteiger partial charge in [0, 0.05) is 5.02 Å². The third-order valence-corrected chi connectivity index (χ3v) is 3.55. The lowest BCUT2D eigenvalue weighted by Crippen LogP contribution is -2.45. The molecule has 138 valence electrons. The van der Waals surface area contributed by atoms with Gasteiger partial charge in [-0.2, -0.15) is 0 Å². The van der Waals surface area contributed by atoms with Crippen LogP contribution in [0, 0.1) is 0 Å². The summed E-state index contributed by atoms with van der Waals surface area (Å²) >= 11 is 11.7. The largest absolute Gasteiger partial charge is 0.497 e. The van der Waals surface area contributed by atoms with Crippen LogP contribution in [0.1, 0.15) is 0 Å². The number of methoxy groups -OCH3 is 1. The Kier molecular flexibility index (Phi) is 7.37. The van der Waals surface area contributed by atoms with Crippen LogP contribution in [-0.2, 0) is 9.59 Å². The van der Waals surface area contributed by atoms with Gasteiger partial charge < -0.3 is 14.2 Å². The fourth-order valence-electron chi connectivity index (χ4n) is 1.77. The van der Waals surface area contributed by atoms with E-state index in [1.54, 1.807) is 43.5 Å². The number of benzene rings is 2. The van der Waals surface area contributed by atoms with Gasteiger partial charge in [0.2, 0.25) is 0 Å². The molecule has 0 heterocycles. The van der Waals surface area contributed by atoms with E-state index in [9.17, 15) is 9.59 Å². The Balaban J connectivity index is 1.68. The van der Waals surface area contributed by atoms with E-state index in [2.05, 4.69) is 10.9 Å². The summed E-state index contributed by atoms with van der Waals surface area (Å²) in [7, 11) is 1.55. The van der Waals surface area contributed by atoms with E-state index in [0.29, 0.717) is 22.3 Å². The molecule has 0 radical (unpaired) electrons. The van der Waals surface area contributed by atoms with Crippen molar-refractivity contribution in [3.8, 4) is 17.2 Å². The molecule has 0 bridgehead atoms. The van der Waals surface area contributed by atoms with E-state index < -0.39 is 11.8 Å². The molecule has 9 heteroatoms. The van der Waals surface area contributed by atoms with Crippen molar-refractivity contribution in [1.29, 1.82) is 0 Å². The highest BCUT2D eigenvalue weighted by Crippen LogP contribution is 2.27. The second kappa shape index (κ2) is 9.74. The van der Waals surface area contributed by atoms with Crippen LogP contribution in [0.25, 0.3) is 0 Å². The minimum atomic E-state index is -0.561. The smallest absolute Gasteiger partial charge is 0.276 e. The molecule has 2 rings (SSSR count). The molecule has 7 nitrogen and oxygen atoms in total. The average molecular weight is 399 g/mol. The average Bonchev–Trinajstić information content (AvgIpc) is 2.64. The second-order valence-corrected chi connectivity index (χ2v) is 5.77. The van der Waals surface area contributed by atoms with Crippen LogP contribution in [-0.4, -0.2) is 32.1 Å². The predicted octanol–water partition coefficient (Wildman–Crippen LogP) is 2.61. The van der Waals surface area contributed by atoms with Gasteiger partial charge in [-0.05, 0) is 42.5 Å². The quantitative estimate of drug-likeness (QED) is 0.700. The fraction of sp³-hybridized carbons (Fsp3) is 0.176. The zero-order chi connectivity index (χ0) is 18.9. The maximum absolute atomic E-state index is 11.7. The van der Waals surface area contributed by atoms with Crippen LogP contribution < -0.4 is 25.1 Å². The van der Waals surface area contributed by atoms with Crippen LogP contribution in [0.4, 0.5) is 0 Å². The minimum Gasteiger partial charge on any atom is -0.497 e. The first-order valence-electron chi connectivity index (χ1n) is 7.40. The molecule has 0 saturated heterocycles. The van der Waals surface area contributed by atoms with Gasteiger partial charge in [0.05, 0.1) is 12.1 Å². The lowest BCUT2D eigenvalue weighted by atomic mass is 10.3. The maximum Gasteiger partial charge on any atom is 0.276 e. The van der Waals surface area contributed by atoms with Crippen molar-refractivity contribution in [2.24, 2.45) is 0 Å². The Morgan fingerprint density at radius 2 is 1.46 bits per heavy atom. The summed E-state index contributed by atoms with van der Waals surface area (Å²) in [5.74, 6) is 0.385. The molecule has 0 aliphatic carbocycles. The van der Waals surface area contributed by atoms with Crippen LogP contribution >= 0.6 is 23.2 Å². The van der Waals surface area contributed by atoms with E-state index in [1.165, 1.54) is 6.07 Å². The van der Waals surface area contributed by atoms with Crippen molar-refractivity contribution in [1.82, 2.24) is 10.9 Å². The Labute approximate surface area is 160 Å². The van der Waals surface area contributed by atoms with E-state index in [0.717, 1.165) is 0 Å². The number of hydrogen-bond donors (Lipinski definition) is 2. The van der Waals surface area contributed by atoms with Gasteiger partial charge in [0.1, 0.15) is 17.2 Å². The van der Waals surface area contributed by atoms with Gasteiger partial charge in [-0.1, -0.05) is 23.2 Å². The summed E-state index contributed by atoms with van der Waals surface area (Å²) in [6.07, 6.45) is 0.